The van der Waals surface area contributed by atoms with Crippen LogP contribution in [0.25, 0.3) is 0 Å². The third-order valence-electron chi connectivity index (χ3n) is 3.62. The SMILES string of the molecule is CN(CCOc1ccc(N)cc1)CCN1CCCC1. The molecule has 0 saturated carbocycles. The van der Waals surface area contributed by atoms with Gasteiger partial charge in [-0.25, -0.2) is 0 Å². The van der Waals surface area contributed by atoms with E-state index in [0.717, 1.165) is 31.1 Å². The Balaban J connectivity index is 1.58. The number of likely N-dealkylation sites (tertiary alicyclic amines) is 1. The van der Waals surface area contributed by atoms with Gasteiger partial charge in [0.25, 0.3) is 0 Å². The van der Waals surface area contributed by atoms with E-state index >= 15 is 0 Å². The van der Waals surface area contributed by atoms with Gasteiger partial charge in [-0.3, -0.25) is 0 Å². The zero-order valence-electron chi connectivity index (χ0n) is 11.8. The van der Waals surface area contributed by atoms with Gasteiger partial charge in [-0.15, -0.1) is 0 Å². The number of hydrogen-bond donors (Lipinski definition) is 1. The molecule has 4 nitrogen and oxygen atoms in total. The highest BCUT2D eigenvalue weighted by molar-refractivity contribution is 5.41. The van der Waals surface area contributed by atoms with Crippen LogP contribution < -0.4 is 10.5 Å². The smallest absolute Gasteiger partial charge is 0.119 e. The molecule has 1 fully saturated rings. The largest absolute Gasteiger partial charge is 0.492 e. The molecule has 1 aromatic rings. The topological polar surface area (TPSA) is 41.7 Å². The van der Waals surface area contributed by atoms with E-state index in [2.05, 4.69) is 16.8 Å². The van der Waals surface area contributed by atoms with E-state index in [1.165, 1.54) is 32.5 Å². The Labute approximate surface area is 116 Å². The van der Waals surface area contributed by atoms with E-state index in [0.29, 0.717) is 0 Å². The van der Waals surface area contributed by atoms with Gasteiger partial charge in [-0.05, 0) is 57.2 Å². The number of nitrogens with zero attached hydrogens (tertiary/aromatic N) is 2. The number of benzene rings is 1. The Bertz CT molecular complexity index is 360. The number of anilines is 1. The van der Waals surface area contributed by atoms with Crippen LogP contribution in [-0.4, -0.2) is 56.2 Å². The molecule has 106 valence electrons. The van der Waals surface area contributed by atoms with Gasteiger partial charge in [0.05, 0.1) is 0 Å². The summed E-state index contributed by atoms with van der Waals surface area (Å²) in [6.07, 6.45) is 2.73. The molecule has 0 aliphatic carbocycles. The molecule has 1 aromatic carbocycles. The lowest BCUT2D eigenvalue weighted by Gasteiger charge is -2.21. The minimum Gasteiger partial charge on any atom is -0.492 e. The third-order valence-corrected chi connectivity index (χ3v) is 3.62. The summed E-state index contributed by atoms with van der Waals surface area (Å²) in [6, 6.07) is 7.57. The number of likely N-dealkylation sites (N-methyl/N-ethyl adjacent to an activating group) is 1. The summed E-state index contributed by atoms with van der Waals surface area (Å²) in [7, 11) is 2.16. The molecular weight excluding hydrogens is 238 g/mol. The second-order valence-electron chi connectivity index (χ2n) is 5.27. The van der Waals surface area contributed by atoms with Crippen LogP contribution in [0.4, 0.5) is 5.69 Å². The van der Waals surface area contributed by atoms with Crippen molar-refractivity contribution in [1.82, 2.24) is 9.80 Å². The van der Waals surface area contributed by atoms with Crippen LogP contribution in [0.5, 0.6) is 5.75 Å². The highest BCUT2D eigenvalue weighted by Gasteiger charge is 2.11. The van der Waals surface area contributed by atoms with Gasteiger partial charge in [-0.1, -0.05) is 0 Å². The molecule has 2 N–H and O–H groups in total. The molecule has 1 aliphatic heterocycles. The fourth-order valence-electron chi connectivity index (χ4n) is 2.31. The highest BCUT2D eigenvalue weighted by atomic mass is 16.5. The number of nitrogens with two attached hydrogens (primary N) is 1. The summed E-state index contributed by atoms with van der Waals surface area (Å²) >= 11 is 0. The fourth-order valence-corrected chi connectivity index (χ4v) is 2.31. The maximum atomic E-state index is 5.69. The van der Waals surface area contributed by atoms with Gasteiger partial charge in [0.1, 0.15) is 12.4 Å². The number of hydrogen-bond acceptors (Lipinski definition) is 4. The number of ether oxygens (including phenoxy) is 1. The van der Waals surface area contributed by atoms with Gasteiger partial charge in [0.2, 0.25) is 0 Å². The van der Waals surface area contributed by atoms with Crippen LogP contribution in [0.1, 0.15) is 12.8 Å². The summed E-state index contributed by atoms with van der Waals surface area (Å²) in [6.45, 7) is 6.52. The van der Waals surface area contributed by atoms with Crippen molar-refractivity contribution in [2.45, 2.75) is 12.8 Å². The van der Waals surface area contributed by atoms with Gasteiger partial charge < -0.3 is 20.3 Å². The van der Waals surface area contributed by atoms with Crippen molar-refractivity contribution in [3.63, 3.8) is 0 Å². The van der Waals surface area contributed by atoms with Gasteiger partial charge in [-0.2, -0.15) is 0 Å². The number of rotatable bonds is 7. The van der Waals surface area contributed by atoms with E-state index < -0.39 is 0 Å². The molecule has 1 aliphatic rings. The molecule has 0 spiro atoms. The van der Waals surface area contributed by atoms with E-state index in [1.807, 2.05) is 24.3 Å². The lowest BCUT2D eigenvalue weighted by atomic mass is 10.3. The van der Waals surface area contributed by atoms with Crippen molar-refractivity contribution in [3.8, 4) is 5.75 Å². The van der Waals surface area contributed by atoms with E-state index in [1.54, 1.807) is 0 Å². The van der Waals surface area contributed by atoms with Crippen LogP contribution in [0.15, 0.2) is 24.3 Å². The highest BCUT2D eigenvalue weighted by Crippen LogP contribution is 2.12. The van der Waals surface area contributed by atoms with Gasteiger partial charge in [0.15, 0.2) is 0 Å². The molecule has 2 rings (SSSR count). The van der Waals surface area contributed by atoms with Crippen molar-refractivity contribution in [2.75, 3.05) is 52.1 Å². The average Bonchev–Trinajstić information content (AvgIpc) is 2.92. The standard InChI is InChI=1S/C15H25N3O/c1-17(10-11-18-8-2-3-9-18)12-13-19-15-6-4-14(16)5-7-15/h4-7H,2-3,8-13,16H2,1H3. The Morgan fingerprint density at radius 3 is 2.53 bits per heavy atom. The van der Waals surface area contributed by atoms with Crippen LogP contribution in [0.2, 0.25) is 0 Å². The summed E-state index contributed by atoms with van der Waals surface area (Å²) in [5, 5.41) is 0. The van der Waals surface area contributed by atoms with Crippen molar-refractivity contribution >= 4 is 5.69 Å². The molecule has 0 unspecified atom stereocenters. The molecule has 4 heteroatoms. The van der Waals surface area contributed by atoms with Crippen molar-refractivity contribution in [1.29, 1.82) is 0 Å². The zero-order chi connectivity index (χ0) is 13.5. The molecule has 0 bridgehead atoms. The molecule has 0 amide bonds. The predicted molar refractivity (Wildman–Crippen MR) is 79.5 cm³/mol. The zero-order valence-corrected chi connectivity index (χ0v) is 11.8. The molecule has 1 saturated heterocycles. The monoisotopic (exact) mass is 263 g/mol. The van der Waals surface area contributed by atoms with Crippen molar-refractivity contribution in [2.24, 2.45) is 0 Å². The molecule has 0 aromatic heterocycles. The quantitative estimate of drug-likeness (QED) is 0.760. The Morgan fingerprint density at radius 2 is 1.84 bits per heavy atom. The van der Waals surface area contributed by atoms with Gasteiger partial charge in [0, 0.05) is 25.3 Å². The second-order valence-corrected chi connectivity index (χ2v) is 5.27. The first-order valence-electron chi connectivity index (χ1n) is 7.13. The van der Waals surface area contributed by atoms with Gasteiger partial charge >= 0.3 is 0 Å². The van der Waals surface area contributed by atoms with Crippen molar-refractivity contribution in [3.05, 3.63) is 24.3 Å². The average molecular weight is 263 g/mol. The maximum Gasteiger partial charge on any atom is 0.119 e. The molecular formula is C15H25N3O. The first kappa shape index (κ1) is 14.2. The Kier molecular flexibility index (Phi) is 5.48. The molecule has 0 atom stereocenters. The Morgan fingerprint density at radius 1 is 1.16 bits per heavy atom. The summed E-state index contributed by atoms with van der Waals surface area (Å²) < 4.78 is 5.69. The Hall–Kier alpha value is -1.26. The van der Waals surface area contributed by atoms with Crippen LogP contribution in [0, 0.1) is 0 Å². The fraction of sp³-hybridized carbons (Fsp3) is 0.600. The minimum atomic E-state index is 0.723. The van der Waals surface area contributed by atoms with E-state index in [4.69, 9.17) is 10.5 Å². The number of nitrogen functional groups attached to an aromatic ring is 1. The summed E-state index contributed by atoms with van der Waals surface area (Å²) in [5.74, 6) is 0.891. The molecule has 1 heterocycles. The van der Waals surface area contributed by atoms with Crippen LogP contribution in [-0.2, 0) is 0 Å². The van der Waals surface area contributed by atoms with Crippen molar-refractivity contribution < 1.29 is 4.74 Å². The molecule has 19 heavy (non-hydrogen) atoms. The van der Waals surface area contributed by atoms with Crippen LogP contribution in [0.3, 0.4) is 0 Å². The second kappa shape index (κ2) is 7.36. The lowest BCUT2D eigenvalue weighted by Crippen LogP contribution is -2.33. The normalized spacial score (nSPS) is 16.1. The van der Waals surface area contributed by atoms with Crippen LogP contribution >= 0.6 is 0 Å². The van der Waals surface area contributed by atoms with E-state index in [9.17, 15) is 0 Å². The first-order chi connectivity index (χ1) is 9.24. The predicted octanol–water partition coefficient (Wildman–Crippen LogP) is 1.68. The summed E-state index contributed by atoms with van der Waals surface area (Å²) in [5.41, 5.74) is 6.41. The third kappa shape index (κ3) is 5.09. The minimum absolute atomic E-state index is 0.723. The first-order valence-corrected chi connectivity index (χ1v) is 7.13. The van der Waals surface area contributed by atoms with E-state index in [-0.39, 0.29) is 0 Å². The summed E-state index contributed by atoms with van der Waals surface area (Å²) in [4.78, 5) is 4.87. The maximum absolute atomic E-state index is 5.69. The molecule has 0 radical (unpaired) electrons. The lowest BCUT2D eigenvalue weighted by molar-refractivity contribution is 0.213.